The number of hydrogen-bond donors (Lipinski definition) is 0. The number of hydrogen-bond acceptors (Lipinski definition) is 3. The summed E-state index contributed by atoms with van der Waals surface area (Å²) in [5.74, 6) is 0.379. The van der Waals surface area contributed by atoms with Gasteiger partial charge >= 0.3 is 6.09 Å². The molecule has 0 N–H and O–H groups in total. The Morgan fingerprint density at radius 3 is 2.47 bits per heavy atom. The highest BCUT2D eigenvalue weighted by molar-refractivity contribution is 6.69. The largest absolute Gasteiger partial charge is 0.550 e. The van der Waals surface area contributed by atoms with Gasteiger partial charge in [0.25, 0.3) is 0 Å². The molecule has 0 aliphatic carbocycles. The standard InChI is InChI=1S/C14H27NO3Si/c1-14(2,3)18-13(16)15-9-7-12(11-15)8-10-17-19(4,5)6/h8,10,12H,7,9,11H2,1-6H3. The molecule has 0 bridgehead atoms. The van der Waals surface area contributed by atoms with Crippen molar-refractivity contribution in [1.82, 2.24) is 4.90 Å². The van der Waals surface area contributed by atoms with Crippen molar-refractivity contribution >= 4 is 14.4 Å². The van der Waals surface area contributed by atoms with Crippen molar-refractivity contribution < 1.29 is 14.0 Å². The van der Waals surface area contributed by atoms with Crippen molar-refractivity contribution in [3.8, 4) is 0 Å². The topological polar surface area (TPSA) is 38.8 Å². The molecule has 0 spiro atoms. The highest BCUT2D eigenvalue weighted by Gasteiger charge is 2.28. The zero-order valence-electron chi connectivity index (χ0n) is 13.0. The van der Waals surface area contributed by atoms with Crippen LogP contribution < -0.4 is 0 Å². The van der Waals surface area contributed by atoms with E-state index >= 15 is 0 Å². The summed E-state index contributed by atoms with van der Waals surface area (Å²) < 4.78 is 11.1. The van der Waals surface area contributed by atoms with Crippen LogP contribution in [0.5, 0.6) is 0 Å². The highest BCUT2D eigenvalue weighted by Crippen LogP contribution is 2.20. The summed E-state index contributed by atoms with van der Waals surface area (Å²) in [6, 6.07) is 0. The Balaban J connectivity index is 2.39. The summed E-state index contributed by atoms with van der Waals surface area (Å²) in [4.78, 5) is 13.7. The zero-order valence-corrected chi connectivity index (χ0v) is 14.0. The molecule has 110 valence electrons. The molecule has 1 amide bonds. The Labute approximate surface area is 117 Å². The highest BCUT2D eigenvalue weighted by atomic mass is 28.4. The van der Waals surface area contributed by atoms with Crippen molar-refractivity contribution in [1.29, 1.82) is 0 Å². The van der Waals surface area contributed by atoms with Crippen LogP contribution in [0.15, 0.2) is 12.3 Å². The van der Waals surface area contributed by atoms with Gasteiger partial charge in [-0.3, -0.25) is 0 Å². The van der Waals surface area contributed by atoms with Crippen LogP contribution in [0, 0.1) is 5.92 Å². The number of likely N-dealkylation sites (tertiary alicyclic amines) is 1. The normalized spacial score (nSPS) is 20.9. The van der Waals surface area contributed by atoms with Gasteiger partial charge in [0.2, 0.25) is 8.32 Å². The first-order chi connectivity index (χ1) is 8.57. The third-order valence-corrected chi connectivity index (χ3v) is 3.49. The first-order valence-electron chi connectivity index (χ1n) is 6.89. The maximum absolute atomic E-state index is 11.9. The fraction of sp³-hybridized carbons (Fsp3) is 0.786. The van der Waals surface area contributed by atoms with Crippen LogP contribution in [0.3, 0.4) is 0 Å². The minimum atomic E-state index is -1.49. The van der Waals surface area contributed by atoms with Gasteiger partial charge in [0.05, 0.1) is 6.26 Å². The quantitative estimate of drug-likeness (QED) is 0.587. The lowest BCUT2D eigenvalue weighted by atomic mass is 10.1. The monoisotopic (exact) mass is 285 g/mol. The molecule has 1 saturated heterocycles. The number of rotatable bonds is 3. The summed E-state index contributed by atoms with van der Waals surface area (Å²) in [6.07, 6.45) is 4.65. The van der Waals surface area contributed by atoms with Gasteiger partial charge < -0.3 is 14.1 Å². The minimum Gasteiger partial charge on any atom is -0.550 e. The van der Waals surface area contributed by atoms with Crippen LogP contribution >= 0.6 is 0 Å². The number of carbonyl (C=O) groups excluding carboxylic acids is 1. The second-order valence-electron chi connectivity index (χ2n) is 7.03. The molecule has 1 aliphatic heterocycles. The van der Waals surface area contributed by atoms with Crippen LogP contribution in [0.1, 0.15) is 27.2 Å². The summed E-state index contributed by atoms with van der Waals surface area (Å²) in [7, 11) is -1.49. The van der Waals surface area contributed by atoms with Gasteiger partial charge in [0.15, 0.2) is 0 Å². The average molecular weight is 285 g/mol. The summed E-state index contributed by atoms with van der Waals surface area (Å²) in [6.45, 7) is 13.6. The molecule has 0 saturated carbocycles. The minimum absolute atomic E-state index is 0.213. The van der Waals surface area contributed by atoms with E-state index in [2.05, 4.69) is 25.7 Å². The molecule has 19 heavy (non-hydrogen) atoms. The average Bonchev–Trinajstić information content (AvgIpc) is 2.61. The predicted octanol–water partition coefficient (Wildman–Crippen LogP) is 3.61. The predicted molar refractivity (Wildman–Crippen MR) is 79.5 cm³/mol. The van der Waals surface area contributed by atoms with Crippen molar-refractivity contribution in [2.75, 3.05) is 13.1 Å². The summed E-state index contributed by atoms with van der Waals surface area (Å²) in [5.41, 5.74) is -0.425. The van der Waals surface area contributed by atoms with Crippen molar-refractivity contribution in [3.05, 3.63) is 12.3 Å². The van der Waals surface area contributed by atoms with E-state index < -0.39 is 13.9 Å². The van der Waals surface area contributed by atoms with E-state index in [1.165, 1.54) is 0 Å². The lowest BCUT2D eigenvalue weighted by Crippen LogP contribution is -2.35. The van der Waals surface area contributed by atoms with E-state index in [4.69, 9.17) is 9.16 Å². The molecule has 0 aromatic carbocycles. The lowest BCUT2D eigenvalue weighted by Gasteiger charge is -2.24. The molecule has 1 fully saturated rings. The molecule has 5 heteroatoms. The summed E-state index contributed by atoms with van der Waals surface area (Å²) >= 11 is 0. The van der Waals surface area contributed by atoms with E-state index in [1.807, 2.05) is 27.0 Å². The molecule has 1 rings (SSSR count). The smallest absolute Gasteiger partial charge is 0.410 e. The second kappa shape index (κ2) is 5.99. The van der Waals surface area contributed by atoms with Crippen LogP contribution in [-0.2, 0) is 9.16 Å². The van der Waals surface area contributed by atoms with Crippen LogP contribution in [0.4, 0.5) is 4.79 Å². The van der Waals surface area contributed by atoms with E-state index in [0.29, 0.717) is 5.92 Å². The van der Waals surface area contributed by atoms with E-state index in [-0.39, 0.29) is 6.09 Å². The van der Waals surface area contributed by atoms with Crippen molar-refractivity contribution in [3.63, 3.8) is 0 Å². The third-order valence-electron chi connectivity index (χ3n) is 2.65. The molecule has 1 unspecified atom stereocenters. The fourth-order valence-electron chi connectivity index (χ4n) is 1.79. The molecule has 1 aliphatic rings. The molecular weight excluding hydrogens is 258 g/mol. The molecule has 0 aromatic rings. The molecule has 0 radical (unpaired) electrons. The Kier molecular flexibility index (Phi) is 5.07. The van der Waals surface area contributed by atoms with E-state index in [0.717, 1.165) is 19.5 Å². The molecule has 0 aromatic heterocycles. The Hall–Kier alpha value is -0.973. The van der Waals surface area contributed by atoms with Gasteiger partial charge in [-0.15, -0.1) is 0 Å². The van der Waals surface area contributed by atoms with Crippen LogP contribution in [0.25, 0.3) is 0 Å². The van der Waals surface area contributed by atoms with Gasteiger partial charge in [-0.2, -0.15) is 0 Å². The number of nitrogens with zero attached hydrogens (tertiary/aromatic N) is 1. The molecule has 4 nitrogen and oxygen atoms in total. The van der Waals surface area contributed by atoms with E-state index in [1.54, 1.807) is 4.90 Å². The fourth-order valence-corrected chi connectivity index (χ4v) is 2.28. The second-order valence-corrected chi connectivity index (χ2v) is 11.5. The Morgan fingerprint density at radius 1 is 1.32 bits per heavy atom. The SMILES string of the molecule is CC(C)(C)OC(=O)N1CCC(C=CO[Si](C)(C)C)C1. The number of ether oxygens (including phenoxy) is 1. The third kappa shape index (κ3) is 6.66. The van der Waals surface area contributed by atoms with Crippen LogP contribution in [0.2, 0.25) is 19.6 Å². The van der Waals surface area contributed by atoms with Crippen molar-refractivity contribution in [2.45, 2.75) is 52.4 Å². The Bertz CT molecular complexity index is 342. The molecule has 1 heterocycles. The van der Waals surface area contributed by atoms with Gasteiger partial charge in [0.1, 0.15) is 5.60 Å². The number of carbonyl (C=O) groups is 1. The molecular formula is C14H27NO3Si. The first-order valence-corrected chi connectivity index (χ1v) is 10.3. The van der Waals surface area contributed by atoms with Gasteiger partial charge in [-0.25, -0.2) is 4.79 Å². The first kappa shape index (κ1) is 16.1. The summed E-state index contributed by atoms with van der Waals surface area (Å²) in [5, 5.41) is 0. The van der Waals surface area contributed by atoms with Gasteiger partial charge in [-0.05, 0) is 58.8 Å². The number of amides is 1. The van der Waals surface area contributed by atoms with Crippen LogP contribution in [-0.4, -0.2) is 38.0 Å². The Morgan fingerprint density at radius 2 is 1.95 bits per heavy atom. The van der Waals surface area contributed by atoms with Gasteiger partial charge in [0, 0.05) is 13.1 Å². The maximum atomic E-state index is 11.9. The molecule has 1 atom stereocenters. The van der Waals surface area contributed by atoms with Crippen molar-refractivity contribution in [2.24, 2.45) is 5.92 Å². The van der Waals surface area contributed by atoms with E-state index in [9.17, 15) is 4.79 Å². The zero-order chi connectivity index (χ0) is 14.7. The maximum Gasteiger partial charge on any atom is 0.410 e. The van der Waals surface area contributed by atoms with Gasteiger partial charge in [-0.1, -0.05) is 0 Å². The lowest BCUT2D eigenvalue weighted by molar-refractivity contribution is 0.0291.